The Morgan fingerprint density at radius 3 is 2.31 bits per heavy atom. The van der Waals surface area contributed by atoms with Crippen LogP contribution in [0.3, 0.4) is 0 Å². The number of aromatic nitrogens is 1. The second-order valence-electron chi connectivity index (χ2n) is 11.8. The summed E-state index contributed by atoms with van der Waals surface area (Å²) < 4.78 is 33.0. The Kier molecular flexibility index (Phi) is 7.44. The topological polar surface area (TPSA) is 110 Å². The molecular formula is C29H38FN3O6. The highest BCUT2D eigenvalue weighted by Crippen LogP contribution is 2.49. The van der Waals surface area contributed by atoms with Crippen LogP contribution >= 0.6 is 0 Å². The molecule has 2 amide bonds. The van der Waals surface area contributed by atoms with Gasteiger partial charge in [0, 0.05) is 42.8 Å². The molecular weight excluding hydrogens is 505 g/mol. The highest BCUT2D eigenvalue weighted by Gasteiger charge is 2.48. The average molecular weight is 544 g/mol. The molecule has 1 atom stereocenters. The van der Waals surface area contributed by atoms with Crippen LogP contribution in [-0.4, -0.2) is 41.5 Å². The van der Waals surface area contributed by atoms with Gasteiger partial charge in [-0.1, -0.05) is 0 Å². The predicted octanol–water partition coefficient (Wildman–Crippen LogP) is 5.29. The highest BCUT2D eigenvalue weighted by atomic mass is 19.1. The number of anilines is 1. The number of ether oxygens (including phenoxy) is 3. The van der Waals surface area contributed by atoms with Gasteiger partial charge in [0.05, 0.1) is 0 Å². The number of aryl methyl sites for hydroxylation is 2. The van der Waals surface area contributed by atoms with E-state index in [4.69, 9.17) is 14.2 Å². The lowest BCUT2D eigenvalue weighted by atomic mass is 9.81. The number of aromatic amines is 1. The van der Waals surface area contributed by atoms with E-state index in [-0.39, 0.29) is 34.7 Å². The number of H-pyrrole nitrogens is 1. The normalized spacial score (nSPS) is 22.4. The van der Waals surface area contributed by atoms with Crippen LogP contribution in [0.15, 0.2) is 16.9 Å². The quantitative estimate of drug-likeness (QED) is 0.543. The van der Waals surface area contributed by atoms with Crippen molar-refractivity contribution in [3.05, 3.63) is 50.7 Å². The number of rotatable bonds is 4. The number of hydrogen-bond donors (Lipinski definition) is 2. The first kappa shape index (κ1) is 28.4. The van der Waals surface area contributed by atoms with Crippen LogP contribution in [0.5, 0.6) is 11.5 Å². The Hall–Kier alpha value is -3.56. The molecule has 212 valence electrons. The van der Waals surface area contributed by atoms with Crippen LogP contribution < -0.4 is 25.2 Å². The SMILES string of the molecule is Cc1cc(C)c(N(C)C(=O)c2cc(F)c3c(c2C)OC(C)([C@H]2CC[C@H](NC(=O)OC(C)(C)C)CC2)O3)c(=O)[nH]1. The minimum atomic E-state index is -1.12. The number of carbonyl (C=O) groups is 2. The maximum absolute atomic E-state index is 15.3. The van der Waals surface area contributed by atoms with Crippen LogP contribution in [0.2, 0.25) is 0 Å². The molecule has 1 aliphatic heterocycles. The molecule has 1 fully saturated rings. The lowest BCUT2D eigenvalue weighted by Gasteiger charge is -2.37. The van der Waals surface area contributed by atoms with E-state index in [0.717, 1.165) is 6.07 Å². The van der Waals surface area contributed by atoms with Crippen molar-refractivity contribution < 1.29 is 28.2 Å². The van der Waals surface area contributed by atoms with Crippen molar-refractivity contribution in [1.82, 2.24) is 10.3 Å². The largest absolute Gasteiger partial charge is 0.448 e. The van der Waals surface area contributed by atoms with Gasteiger partial charge in [-0.15, -0.1) is 0 Å². The Morgan fingerprint density at radius 1 is 1.10 bits per heavy atom. The van der Waals surface area contributed by atoms with Crippen LogP contribution in [-0.2, 0) is 4.74 Å². The summed E-state index contributed by atoms with van der Waals surface area (Å²) in [6.07, 6.45) is 2.33. The Balaban J connectivity index is 1.50. The fourth-order valence-electron chi connectivity index (χ4n) is 5.52. The molecule has 1 aromatic heterocycles. The van der Waals surface area contributed by atoms with Crippen LogP contribution in [0.4, 0.5) is 14.9 Å². The van der Waals surface area contributed by atoms with Gasteiger partial charge in [0.15, 0.2) is 11.6 Å². The number of benzene rings is 1. The molecule has 1 aliphatic carbocycles. The third-order valence-corrected chi connectivity index (χ3v) is 7.44. The summed E-state index contributed by atoms with van der Waals surface area (Å²) in [6.45, 7) is 12.4. The number of pyridine rings is 1. The standard InChI is InChI=1S/C29H38FN3O6/c1-15-13-16(2)31-25(34)22(15)33(8)26(35)20-14-21(30)24-23(17(20)3)37-29(7,38-24)18-9-11-19(12-10-18)32-27(36)39-28(4,5)6/h13-14,18-19H,9-12H2,1-8H3,(H,31,34)(H,32,36)/t18-,19-,29?. The first-order valence-corrected chi connectivity index (χ1v) is 13.3. The van der Waals surface area contributed by atoms with Gasteiger partial charge in [-0.2, -0.15) is 0 Å². The minimum Gasteiger partial charge on any atom is -0.448 e. The Bertz CT molecular complexity index is 1360. The van der Waals surface area contributed by atoms with Crippen molar-refractivity contribution >= 4 is 17.7 Å². The smallest absolute Gasteiger partial charge is 0.407 e. The summed E-state index contributed by atoms with van der Waals surface area (Å²) in [7, 11) is 1.49. The molecule has 10 heteroatoms. The van der Waals surface area contributed by atoms with Gasteiger partial charge in [0.25, 0.3) is 17.3 Å². The number of fused-ring (bicyclic) bond motifs is 1. The Labute approximate surface area is 228 Å². The van der Waals surface area contributed by atoms with Gasteiger partial charge >= 0.3 is 6.09 Å². The number of nitrogens with one attached hydrogen (secondary N) is 2. The zero-order chi connectivity index (χ0) is 28.9. The lowest BCUT2D eigenvalue weighted by Crippen LogP contribution is -2.48. The van der Waals surface area contributed by atoms with Gasteiger partial charge in [0.1, 0.15) is 11.3 Å². The number of amides is 2. The molecule has 2 heterocycles. The molecule has 1 saturated carbocycles. The molecule has 2 N–H and O–H groups in total. The fraction of sp³-hybridized carbons (Fsp3) is 0.552. The zero-order valence-corrected chi connectivity index (χ0v) is 23.9. The van der Waals surface area contributed by atoms with Gasteiger partial charge in [-0.05, 0) is 84.9 Å². The van der Waals surface area contributed by atoms with E-state index in [0.29, 0.717) is 42.5 Å². The van der Waals surface area contributed by atoms with E-state index in [2.05, 4.69) is 10.3 Å². The van der Waals surface area contributed by atoms with Gasteiger partial charge in [-0.3, -0.25) is 9.59 Å². The predicted molar refractivity (Wildman–Crippen MR) is 145 cm³/mol. The maximum atomic E-state index is 15.3. The van der Waals surface area contributed by atoms with Crippen molar-refractivity contribution in [3.8, 4) is 11.5 Å². The second-order valence-corrected chi connectivity index (χ2v) is 11.8. The van der Waals surface area contributed by atoms with Gasteiger partial charge in [0.2, 0.25) is 5.75 Å². The summed E-state index contributed by atoms with van der Waals surface area (Å²) >= 11 is 0. The van der Waals surface area contributed by atoms with E-state index >= 15 is 4.39 Å². The van der Waals surface area contributed by atoms with Gasteiger partial charge < -0.3 is 29.4 Å². The lowest BCUT2D eigenvalue weighted by molar-refractivity contribution is -0.122. The molecule has 2 aromatic rings. The molecule has 0 radical (unpaired) electrons. The monoisotopic (exact) mass is 543 g/mol. The molecule has 9 nitrogen and oxygen atoms in total. The van der Waals surface area contributed by atoms with E-state index < -0.39 is 34.8 Å². The summed E-state index contributed by atoms with van der Waals surface area (Å²) in [5.41, 5.74) is 1.07. The number of hydrogen-bond acceptors (Lipinski definition) is 6. The van der Waals surface area contributed by atoms with Crippen molar-refractivity contribution in [1.29, 1.82) is 0 Å². The third-order valence-electron chi connectivity index (χ3n) is 7.44. The number of alkyl carbamates (subject to hydrolysis) is 1. The summed E-state index contributed by atoms with van der Waals surface area (Å²) in [6, 6.07) is 2.88. The zero-order valence-electron chi connectivity index (χ0n) is 23.9. The molecule has 39 heavy (non-hydrogen) atoms. The summed E-state index contributed by atoms with van der Waals surface area (Å²) in [5.74, 6) is -2.24. The third kappa shape index (κ3) is 5.74. The second kappa shape index (κ2) is 10.2. The summed E-state index contributed by atoms with van der Waals surface area (Å²) in [4.78, 5) is 42.1. The van der Waals surface area contributed by atoms with E-state index in [1.54, 1.807) is 33.8 Å². The van der Waals surface area contributed by atoms with E-state index in [1.165, 1.54) is 11.9 Å². The van der Waals surface area contributed by atoms with Crippen molar-refractivity contribution in [2.24, 2.45) is 5.92 Å². The fourth-order valence-corrected chi connectivity index (χ4v) is 5.52. The molecule has 1 aromatic carbocycles. The molecule has 0 spiro atoms. The van der Waals surface area contributed by atoms with Gasteiger partial charge in [-0.25, -0.2) is 9.18 Å². The average Bonchev–Trinajstić information content (AvgIpc) is 3.19. The van der Waals surface area contributed by atoms with Crippen molar-refractivity contribution in [2.45, 2.75) is 91.6 Å². The summed E-state index contributed by atoms with van der Waals surface area (Å²) in [5, 5.41) is 2.92. The number of nitrogens with zero attached hydrogens (tertiary/aromatic N) is 1. The molecule has 4 rings (SSSR count). The van der Waals surface area contributed by atoms with Crippen molar-refractivity contribution in [3.63, 3.8) is 0 Å². The maximum Gasteiger partial charge on any atom is 0.407 e. The first-order chi connectivity index (χ1) is 18.1. The van der Waals surface area contributed by atoms with Crippen LogP contribution in [0, 0.1) is 32.5 Å². The first-order valence-electron chi connectivity index (χ1n) is 13.3. The Morgan fingerprint density at radius 2 is 1.72 bits per heavy atom. The highest BCUT2D eigenvalue weighted by molar-refractivity contribution is 6.07. The molecule has 0 saturated heterocycles. The number of carbonyl (C=O) groups excluding carboxylic acids is 2. The van der Waals surface area contributed by atoms with E-state index in [9.17, 15) is 14.4 Å². The molecule has 1 unspecified atom stereocenters. The van der Waals surface area contributed by atoms with Crippen LogP contribution in [0.1, 0.15) is 80.6 Å². The van der Waals surface area contributed by atoms with E-state index in [1.807, 2.05) is 20.8 Å². The minimum absolute atomic E-state index is 0.0208. The molecule has 2 aliphatic rings. The number of halogens is 1. The van der Waals surface area contributed by atoms with Crippen LogP contribution in [0.25, 0.3) is 0 Å². The molecule has 0 bridgehead atoms. The van der Waals surface area contributed by atoms with Crippen molar-refractivity contribution in [2.75, 3.05) is 11.9 Å².